The summed E-state index contributed by atoms with van der Waals surface area (Å²) in [5.74, 6) is 0.853. The minimum Gasteiger partial charge on any atom is -0.493 e. The first-order valence-electron chi connectivity index (χ1n) is 12.6. The van der Waals surface area contributed by atoms with Crippen molar-refractivity contribution in [3.8, 4) is 23.0 Å². The molecule has 16 heteroatoms. The molecule has 0 aromatic heterocycles. The summed E-state index contributed by atoms with van der Waals surface area (Å²) in [6, 6.07) is 15.3. The lowest BCUT2D eigenvalue weighted by Gasteiger charge is -2.23. The van der Waals surface area contributed by atoms with E-state index in [1.165, 1.54) is 49.7 Å². The van der Waals surface area contributed by atoms with E-state index >= 15 is 0 Å². The van der Waals surface area contributed by atoms with Gasteiger partial charge in [0, 0.05) is 36.8 Å². The molecule has 0 spiro atoms. The number of hydrogen-bond donors (Lipinski definition) is 5. The number of nitrogens with one attached hydrogen (secondary N) is 3. The summed E-state index contributed by atoms with van der Waals surface area (Å²) >= 11 is 0. The first-order valence-corrected chi connectivity index (χ1v) is 14.1. The van der Waals surface area contributed by atoms with Crippen LogP contribution in [-0.2, 0) is 14.8 Å². The van der Waals surface area contributed by atoms with Crippen LogP contribution in [0.1, 0.15) is 18.1 Å². The van der Waals surface area contributed by atoms with E-state index in [1.54, 1.807) is 36.4 Å². The van der Waals surface area contributed by atoms with Crippen molar-refractivity contribution in [2.75, 3.05) is 45.8 Å². The molecule has 7 N–H and O–H groups in total. The van der Waals surface area contributed by atoms with E-state index in [0.717, 1.165) is 0 Å². The van der Waals surface area contributed by atoms with E-state index in [0.29, 0.717) is 39.8 Å². The SMILES string of the molecule is COc1cc(C(=N)N)ccc1OCCN(CCOc1ccc(C(=N)N)cc1OC)S(=O)(=O)c1ccc(NC(C)=O)cc1.Cl.Cl. The van der Waals surface area contributed by atoms with Crippen LogP contribution >= 0.6 is 24.8 Å². The zero-order valence-corrected chi connectivity index (χ0v) is 26.7. The van der Waals surface area contributed by atoms with Gasteiger partial charge in [-0.05, 0) is 60.7 Å². The monoisotopic (exact) mass is 670 g/mol. The number of benzene rings is 3. The number of methoxy groups -OCH3 is 2. The number of nitrogens with two attached hydrogens (primary N) is 2. The molecule has 0 saturated carbocycles. The highest BCUT2D eigenvalue weighted by Gasteiger charge is 2.25. The average molecular weight is 672 g/mol. The molecule has 44 heavy (non-hydrogen) atoms. The van der Waals surface area contributed by atoms with E-state index < -0.39 is 10.0 Å². The Bertz CT molecular complexity index is 1490. The highest BCUT2D eigenvalue weighted by atomic mass is 35.5. The van der Waals surface area contributed by atoms with Crippen molar-refractivity contribution in [3.05, 3.63) is 71.8 Å². The van der Waals surface area contributed by atoms with Gasteiger partial charge in [-0.15, -0.1) is 24.8 Å². The molecule has 0 aliphatic carbocycles. The summed E-state index contributed by atoms with van der Waals surface area (Å²) < 4.78 is 50.8. The summed E-state index contributed by atoms with van der Waals surface area (Å²) in [5, 5.41) is 17.8. The molecule has 0 radical (unpaired) electrons. The van der Waals surface area contributed by atoms with Gasteiger partial charge in [-0.1, -0.05) is 0 Å². The summed E-state index contributed by atoms with van der Waals surface area (Å²) in [5.41, 5.74) is 12.5. The number of carbonyl (C=O) groups is 1. The summed E-state index contributed by atoms with van der Waals surface area (Å²) in [7, 11) is -1.12. The van der Waals surface area contributed by atoms with Crippen LogP contribution in [0.3, 0.4) is 0 Å². The number of anilines is 1. The van der Waals surface area contributed by atoms with Crippen LogP contribution in [0.4, 0.5) is 5.69 Å². The number of hydrogen-bond acceptors (Lipinski definition) is 9. The summed E-state index contributed by atoms with van der Waals surface area (Å²) in [6.07, 6.45) is 0. The number of ether oxygens (including phenoxy) is 4. The highest BCUT2D eigenvalue weighted by Crippen LogP contribution is 2.29. The molecule has 0 atom stereocenters. The molecule has 1 amide bonds. The van der Waals surface area contributed by atoms with Crippen molar-refractivity contribution >= 4 is 58.1 Å². The van der Waals surface area contributed by atoms with Crippen molar-refractivity contribution in [3.63, 3.8) is 0 Å². The van der Waals surface area contributed by atoms with Crippen molar-refractivity contribution in [1.82, 2.24) is 4.31 Å². The van der Waals surface area contributed by atoms with Crippen molar-refractivity contribution in [1.29, 1.82) is 10.8 Å². The van der Waals surface area contributed by atoms with E-state index in [2.05, 4.69) is 5.32 Å². The van der Waals surface area contributed by atoms with Gasteiger partial charge in [0.2, 0.25) is 15.9 Å². The second-order valence-electron chi connectivity index (χ2n) is 8.87. The first-order chi connectivity index (χ1) is 20.0. The third-order valence-electron chi connectivity index (χ3n) is 5.96. The standard InChI is InChI=1S/C28H34N6O7S.2ClH/c1-18(35)33-21-6-8-22(9-7-21)42(36,37)34(12-14-40-23-10-4-19(27(29)30)16-25(23)38-2)13-15-41-24-11-5-20(28(31)32)17-26(24)39-3;;/h4-11,16-17H,12-15H2,1-3H3,(H3,29,30)(H3,31,32)(H,33,35);2*1H. The molecule has 0 fully saturated rings. The topological polar surface area (TPSA) is 203 Å². The number of nitrogen functional groups attached to an aromatic ring is 2. The second kappa shape index (κ2) is 17.2. The third kappa shape index (κ3) is 9.91. The number of amides is 1. The van der Waals surface area contributed by atoms with Gasteiger partial charge < -0.3 is 35.7 Å². The van der Waals surface area contributed by atoms with E-state index in [4.69, 9.17) is 41.2 Å². The van der Waals surface area contributed by atoms with Gasteiger partial charge in [0.1, 0.15) is 24.9 Å². The molecule has 240 valence electrons. The lowest BCUT2D eigenvalue weighted by atomic mass is 10.2. The minimum absolute atomic E-state index is 0. The Morgan fingerprint density at radius 3 is 1.57 bits per heavy atom. The first kappa shape index (κ1) is 37.8. The Morgan fingerprint density at radius 2 is 1.20 bits per heavy atom. The number of nitrogens with zero attached hydrogens (tertiary/aromatic N) is 1. The maximum atomic E-state index is 13.6. The van der Waals surface area contributed by atoms with E-state index in [9.17, 15) is 13.2 Å². The van der Waals surface area contributed by atoms with Crippen LogP contribution in [0.15, 0.2) is 65.6 Å². The summed E-state index contributed by atoms with van der Waals surface area (Å²) in [4.78, 5) is 11.4. The molecule has 0 aliphatic rings. The van der Waals surface area contributed by atoms with Crippen LogP contribution in [-0.4, -0.2) is 70.8 Å². The van der Waals surface area contributed by atoms with Gasteiger partial charge in [-0.3, -0.25) is 15.6 Å². The Hall–Kier alpha value is -4.24. The Balaban J connectivity index is 0.00000484. The summed E-state index contributed by atoms with van der Waals surface area (Å²) in [6.45, 7) is 1.21. The number of sulfonamides is 1. The number of amidine groups is 2. The molecule has 0 bridgehead atoms. The van der Waals surface area contributed by atoms with Crippen molar-refractivity contribution in [2.45, 2.75) is 11.8 Å². The van der Waals surface area contributed by atoms with Gasteiger partial charge in [-0.2, -0.15) is 4.31 Å². The van der Waals surface area contributed by atoms with Gasteiger partial charge in [0.15, 0.2) is 23.0 Å². The van der Waals surface area contributed by atoms with Crippen LogP contribution in [0.25, 0.3) is 0 Å². The molecule has 0 aliphatic heterocycles. The maximum Gasteiger partial charge on any atom is 0.243 e. The van der Waals surface area contributed by atoms with E-state index in [1.807, 2.05) is 0 Å². The lowest BCUT2D eigenvalue weighted by molar-refractivity contribution is -0.114. The second-order valence-corrected chi connectivity index (χ2v) is 10.8. The Labute approximate surface area is 268 Å². The molecule has 0 unspecified atom stereocenters. The minimum atomic E-state index is -4.01. The smallest absolute Gasteiger partial charge is 0.243 e. The van der Waals surface area contributed by atoms with Crippen LogP contribution < -0.4 is 35.7 Å². The molecule has 3 aromatic carbocycles. The molecule has 0 heterocycles. The quantitative estimate of drug-likeness (QED) is 0.119. The molecule has 3 rings (SSSR count). The molecule has 0 saturated heterocycles. The average Bonchev–Trinajstić information content (AvgIpc) is 2.96. The van der Waals surface area contributed by atoms with Gasteiger partial charge >= 0.3 is 0 Å². The predicted octanol–water partition coefficient (Wildman–Crippen LogP) is 3.22. The fourth-order valence-corrected chi connectivity index (χ4v) is 5.25. The molecule has 3 aromatic rings. The third-order valence-corrected chi connectivity index (χ3v) is 7.87. The number of carbonyl (C=O) groups excluding carboxylic acids is 1. The number of rotatable bonds is 15. The normalized spacial score (nSPS) is 10.5. The lowest BCUT2D eigenvalue weighted by Crippen LogP contribution is -2.37. The van der Waals surface area contributed by atoms with E-state index in [-0.39, 0.29) is 73.6 Å². The largest absolute Gasteiger partial charge is 0.493 e. The zero-order valence-electron chi connectivity index (χ0n) is 24.3. The van der Waals surface area contributed by atoms with Gasteiger partial charge in [0.25, 0.3) is 0 Å². The van der Waals surface area contributed by atoms with Crippen molar-refractivity contribution in [2.24, 2.45) is 11.5 Å². The molecular formula is C28H36Cl2N6O7S. The number of halogens is 2. The zero-order chi connectivity index (χ0) is 30.9. The van der Waals surface area contributed by atoms with Crippen LogP contribution in [0.2, 0.25) is 0 Å². The Morgan fingerprint density at radius 1 is 0.773 bits per heavy atom. The molecular weight excluding hydrogens is 635 g/mol. The fraction of sp³-hybridized carbons (Fsp3) is 0.250. The predicted molar refractivity (Wildman–Crippen MR) is 173 cm³/mol. The highest BCUT2D eigenvalue weighted by molar-refractivity contribution is 7.89. The molecule has 13 nitrogen and oxygen atoms in total. The van der Waals surface area contributed by atoms with Crippen LogP contribution in [0, 0.1) is 10.8 Å². The van der Waals surface area contributed by atoms with Gasteiger partial charge in [-0.25, -0.2) is 8.42 Å². The van der Waals surface area contributed by atoms with Gasteiger partial charge in [0.05, 0.1) is 19.1 Å². The Kier molecular flexibility index (Phi) is 14.7. The maximum absolute atomic E-state index is 13.6. The fourth-order valence-electron chi connectivity index (χ4n) is 3.84. The van der Waals surface area contributed by atoms with Crippen molar-refractivity contribution < 1.29 is 32.2 Å². The van der Waals surface area contributed by atoms with Crippen LogP contribution in [0.5, 0.6) is 23.0 Å².